The Bertz CT molecular complexity index is 1910. The summed E-state index contributed by atoms with van der Waals surface area (Å²) in [7, 11) is -3.04. The van der Waals surface area contributed by atoms with Crippen LogP contribution in [0.4, 0.5) is 17.1 Å². The van der Waals surface area contributed by atoms with Gasteiger partial charge in [-0.05, 0) is 71.5 Å². The van der Waals surface area contributed by atoms with Crippen LogP contribution in [0.25, 0.3) is 0 Å². The van der Waals surface area contributed by atoms with Gasteiger partial charge in [-0.15, -0.1) is 0 Å². The number of hydrogen-bond donors (Lipinski definition) is 2. The van der Waals surface area contributed by atoms with E-state index in [1.54, 1.807) is 0 Å². The van der Waals surface area contributed by atoms with Crippen LogP contribution in [-0.4, -0.2) is 0 Å². The second-order valence-corrected chi connectivity index (χ2v) is 15.9. The van der Waals surface area contributed by atoms with Gasteiger partial charge in [-0.25, -0.2) is 0 Å². The van der Waals surface area contributed by atoms with Crippen LogP contribution < -0.4 is 32.3 Å². The molecule has 1 aliphatic rings. The van der Waals surface area contributed by atoms with Gasteiger partial charge in [-0.2, -0.15) is 0 Å². The molecule has 6 aromatic carbocycles. The molecule has 1 fully saturated rings. The minimum Gasteiger partial charge on any atom is -0.326 e. The Hall–Kier alpha value is -4.73. The fourth-order valence-electron chi connectivity index (χ4n) is 7.55. The minimum atomic E-state index is -3.04. The van der Waals surface area contributed by atoms with Crippen molar-refractivity contribution in [1.29, 1.82) is 0 Å². The highest BCUT2D eigenvalue weighted by Gasteiger charge is 2.37. The van der Waals surface area contributed by atoms with Gasteiger partial charge in [0.15, 0.2) is 7.14 Å². The molecule has 49 heavy (non-hydrogen) atoms. The zero-order valence-electron chi connectivity index (χ0n) is 27.9. The Morgan fingerprint density at radius 1 is 0.469 bits per heavy atom. The quantitative estimate of drug-likeness (QED) is 0.144. The first-order valence-electron chi connectivity index (χ1n) is 17.4. The SMILES string of the molecule is NCc1ccc(N(c2ccc(CN)cc2)c2ccc(C3(c4ccc(P(=O)(c5ccccc5)c5ccccc5)cc4)CCCCC3)cc2)cc1. The average molecular weight is 662 g/mol. The van der Waals surface area contributed by atoms with Crippen LogP contribution in [0, 0.1) is 0 Å². The molecule has 1 aliphatic carbocycles. The molecule has 4 nitrogen and oxygen atoms in total. The summed E-state index contributed by atoms with van der Waals surface area (Å²) in [6, 6.07) is 54.7. The average Bonchev–Trinajstić information content (AvgIpc) is 3.19. The lowest BCUT2D eigenvalue weighted by Gasteiger charge is -2.39. The van der Waals surface area contributed by atoms with Crippen molar-refractivity contribution < 1.29 is 4.57 Å². The van der Waals surface area contributed by atoms with Gasteiger partial charge in [-0.1, -0.05) is 141 Å². The zero-order chi connectivity index (χ0) is 33.7. The van der Waals surface area contributed by atoms with Crippen molar-refractivity contribution in [2.45, 2.75) is 50.6 Å². The molecule has 0 radical (unpaired) electrons. The summed E-state index contributed by atoms with van der Waals surface area (Å²) in [4.78, 5) is 2.29. The first-order valence-corrected chi connectivity index (χ1v) is 19.1. The molecule has 0 atom stereocenters. The monoisotopic (exact) mass is 661 g/mol. The van der Waals surface area contributed by atoms with Crippen LogP contribution in [0.5, 0.6) is 0 Å². The molecule has 4 N–H and O–H groups in total. The van der Waals surface area contributed by atoms with E-state index in [1.165, 1.54) is 30.4 Å². The molecule has 0 spiro atoms. The number of anilines is 3. The van der Waals surface area contributed by atoms with Crippen molar-refractivity contribution in [3.05, 3.63) is 180 Å². The van der Waals surface area contributed by atoms with E-state index in [2.05, 4.69) is 102 Å². The van der Waals surface area contributed by atoms with Crippen molar-refractivity contribution in [3.63, 3.8) is 0 Å². The van der Waals surface area contributed by atoms with Gasteiger partial charge in [0, 0.05) is 51.5 Å². The smallest absolute Gasteiger partial charge is 0.171 e. The minimum absolute atomic E-state index is 0.102. The van der Waals surface area contributed by atoms with Crippen LogP contribution in [0.15, 0.2) is 158 Å². The largest absolute Gasteiger partial charge is 0.326 e. The third-order valence-corrected chi connectivity index (χ3v) is 13.3. The summed E-state index contributed by atoms with van der Waals surface area (Å²) < 4.78 is 15.0. The molecule has 0 bridgehead atoms. The van der Waals surface area contributed by atoms with E-state index in [-0.39, 0.29) is 5.41 Å². The van der Waals surface area contributed by atoms with Crippen LogP contribution in [0.3, 0.4) is 0 Å². The predicted octanol–water partition coefficient (Wildman–Crippen LogP) is 8.96. The van der Waals surface area contributed by atoms with Crippen molar-refractivity contribution in [3.8, 4) is 0 Å². The molecule has 5 heteroatoms. The summed E-state index contributed by atoms with van der Waals surface area (Å²) in [6.07, 6.45) is 5.80. The second kappa shape index (κ2) is 14.4. The van der Waals surface area contributed by atoms with E-state index >= 15 is 4.57 Å². The summed E-state index contributed by atoms with van der Waals surface area (Å²) in [5.41, 5.74) is 19.8. The molecule has 0 aliphatic heterocycles. The molecular formula is C44H44N3OP. The molecule has 1 saturated carbocycles. The number of benzene rings is 6. The summed E-state index contributed by atoms with van der Waals surface area (Å²) in [5.74, 6) is 0. The summed E-state index contributed by atoms with van der Waals surface area (Å²) in [5, 5.41) is 2.58. The Labute approximate surface area is 290 Å². The van der Waals surface area contributed by atoms with E-state index in [0.717, 1.165) is 56.9 Å². The number of nitrogens with zero attached hydrogens (tertiary/aromatic N) is 1. The van der Waals surface area contributed by atoms with Crippen LogP contribution in [0.1, 0.15) is 54.4 Å². The molecule has 0 saturated heterocycles. The van der Waals surface area contributed by atoms with Crippen molar-refractivity contribution in [1.82, 2.24) is 0 Å². The fourth-order valence-corrected chi connectivity index (χ4v) is 10.2. The van der Waals surface area contributed by atoms with Gasteiger partial charge in [0.1, 0.15) is 0 Å². The Kier molecular flexibility index (Phi) is 9.64. The molecular weight excluding hydrogens is 617 g/mol. The lowest BCUT2D eigenvalue weighted by molar-refractivity contribution is 0.346. The highest BCUT2D eigenvalue weighted by Crippen LogP contribution is 2.47. The summed E-state index contributed by atoms with van der Waals surface area (Å²) in [6.45, 7) is 1.03. The van der Waals surface area contributed by atoms with Crippen molar-refractivity contribution in [2.75, 3.05) is 4.90 Å². The lowest BCUT2D eigenvalue weighted by Crippen LogP contribution is -2.31. The van der Waals surface area contributed by atoms with Gasteiger partial charge in [0.25, 0.3) is 0 Å². The predicted molar refractivity (Wildman–Crippen MR) is 207 cm³/mol. The maximum atomic E-state index is 15.0. The molecule has 0 amide bonds. The fraction of sp³-hybridized carbons (Fsp3) is 0.182. The first kappa shape index (κ1) is 32.8. The van der Waals surface area contributed by atoms with Gasteiger partial charge < -0.3 is 20.9 Å². The standard InChI is InChI=1S/C44H44N3OP/c45-32-34-14-22-38(23-15-34)47(39-24-16-35(33-46)17-25-39)40-26-18-36(19-27-40)44(30-8-3-9-31-44)37-20-28-43(29-21-37)49(48,41-10-4-1-5-11-41)42-12-6-2-7-13-42/h1-2,4-7,10-29H,3,8-9,30-33,45-46H2. The lowest BCUT2D eigenvalue weighted by atomic mass is 9.65. The van der Waals surface area contributed by atoms with E-state index in [4.69, 9.17) is 11.5 Å². The molecule has 0 heterocycles. The molecule has 6 aromatic rings. The van der Waals surface area contributed by atoms with Crippen molar-refractivity contribution in [2.24, 2.45) is 11.5 Å². The van der Waals surface area contributed by atoms with E-state index < -0.39 is 7.14 Å². The van der Waals surface area contributed by atoms with Crippen LogP contribution in [-0.2, 0) is 23.1 Å². The van der Waals surface area contributed by atoms with Crippen LogP contribution in [0.2, 0.25) is 0 Å². The third kappa shape index (κ3) is 6.40. The molecule has 246 valence electrons. The third-order valence-electron chi connectivity index (χ3n) is 10.3. The number of hydrogen-bond acceptors (Lipinski definition) is 4. The topological polar surface area (TPSA) is 72.3 Å². The highest BCUT2D eigenvalue weighted by atomic mass is 31.2. The second-order valence-electron chi connectivity index (χ2n) is 13.1. The molecule has 0 unspecified atom stereocenters. The van der Waals surface area contributed by atoms with E-state index in [0.29, 0.717) is 13.1 Å². The van der Waals surface area contributed by atoms with Crippen LogP contribution >= 0.6 is 7.14 Å². The Balaban J connectivity index is 1.26. The van der Waals surface area contributed by atoms with Crippen molar-refractivity contribution >= 4 is 40.1 Å². The van der Waals surface area contributed by atoms with Gasteiger partial charge in [0.05, 0.1) is 0 Å². The molecule has 0 aromatic heterocycles. The first-order chi connectivity index (χ1) is 24.0. The normalized spacial score (nSPS) is 14.3. The van der Waals surface area contributed by atoms with E-state index in [9.17, 15) is 0 Å². The van der Waals surface area contributed by atoms with E-state index in [1.807, 2.05) is 60.7 Å². The highest BCUT2D eigenvalue weighted by molar-refractivity contribution is 7.85. The summed E-state index contributed by atoms with van der Waals surface area (Å²) >= 11 is 0. The zero-order valence-corrected chi connectivity index (χ0v) is 28.8. The number of nitrogens with two attached hydrogens (primary N) is 2. The molecule has 7 rings (SSSR count). The van der Waals surface area contributed by atoms with Gasteiger partial charge in [0.2, 0.25) is 0 Å². The number of rotatable bonds is 10. The van der Waals surface area contributed by atoms with Gasteiger partial charge in [-0.3, -0.25) is 0 Å². The maximum Gasteiger partial charge on any atom is 0.171 e. The Morgan fingerprint density at radius 2 is 0.837 bits per heavy atom. The van der Waals surface area contributed by atoms with Gasteiger partial charge >= 0.3 is 0 Å². The Morgan fingerprint density at radius 3 is 1.24 bits per heavy atom. The maximum absolute atomic E-state index is 15.0.